The van der Waals surface area contributed by atoms with Crippen LogP contribution in [0, 0.1) is 0 Å². The minimum atomic E-state index is -0.579. The van der Waals surface area contributed by atoms with Gasteiger partial charge in [0.05, 0.1) is 13.2 Å². The number of allylic oxidation sites excluding steroid dienone is 12. The van der Waals surface area contributed by atoms with Gasteiger partial charge in [-0.05, 0) is 64.2 Å². The summed E-state index contributed by atoms with van der Waals surface area (Å²) in [5.74, 6) is -0.289. The molecule has 0 heterocycles. The summed E-state index contributed by atoms with van der Waals surface area (Å²) < 4.78 is 11.0. The molecule has 0 saturated carbocycles. The van der Waals surface area contributed by atoms with Crippen LogP contribution in [0.15, 0.2) is 72.9 Å². The van der Waals surface area contributed by atoms with Gasteiger partial charge in [0.2, 0.25) is 0 Å². The second-order valence-electron chi connectivity index (χ2n) is 10.1. The van der Waals surface area contributed by atoms with Gasteiger partial charge < -0.3 is 14.6 Å². The monoisotopic (exact) mass is 556 g/mol. The molecular weight excluding hydrogens is 496 g/mol. The molecule has 0 aliphatic heterocycles. The van der Waals surface area contributed by atoms with Crippen molar-refractivity contribution in [2.45, 2.75) is 129 Å². The third-order valence-electron chi connectivity index (χ3n) is 6.28. The Morgan fingerprint density at radius 2 is 1.12 bits per heavy atom. The predicted octanol–water partition coefficient (Wildman–Crippen LogP) is 9.92. The lowest BCUT2D eigenvalue weighted by atomic mass is 10.1. The van der Waals surface area contributed by atoms with Gasteiger partial charge in [-0.3, -0.25) is 4.79 Å². The maximum Gasteiger partial charge on any atom is 0.306 e. The normalized spacial score (nSPS) is 13.4. The molecule has 4 heteroatoms. The molecule has 0 amide bonds. The lowest BCUT2D eigenvalue weighted by Gasteiger charge is -2.15. The molecule has 0 aromatic heterocycles. The number of rotatable bonds is 28. The zero-order valence-electron chi connectivity index (χ0n) is 25.8. The summed E-state index contributed by atoms with van der Waals surface area (Å²) in [6.07, 6.45) is 43.7. The van der Waals surface area contributed by atoms with Gasteiger partial charge in [-0.25, -0.2) is 0 Å². The average Bonchev–Trinajstić information content (AvgIpc) is 2.96. The number of aliphatic hydroxyl groups excluding tert-OH is 1. The van der Waals surface area contributed by atoms with E-state index in [-0.39, 0.29) is 19.2 Å². The largest absolute Gasteiger partial charge is 0.457 e. The SMILES string of the molecule is CC/C=C\C/C=C\C/C=C\C/C=C\CCC(=O)OC(CO)COCCCCCCCC/C=C\C/C=C\CCCC. The van der Waals surface area contributed by atoms with E-state index in [1.54, 1.807) is 0 Å². The van der Waals surface area contributed by atoms with Crippen molar-refractivity contribution in [2.75, 3.05) is 19.8 Å². The van der Waals surface area contributed by atoms with Crippen LogP contribution < -0.4 is 0 Å². The van der Waals surface area contributed by atoms with E-state index in [0.29, 0.717) is 19.4 Å². The van der Waals surface area contributed by atoms with Gasteiger partial charge in [-0.15, -0.1) is 0 Å². The number of hydrogen-bond donors (Lipinski definition) is 1. The molecule has 0 bridgehead atoms. The van der Waals surface area contributed by atoms with E-state index in [1.807, 2.05) is 6.08 Å². The molecular formula is C36H60O4. The Kier molecular flexibility index (Phi) is 31.2. The minimum Gasteiger partial charge on any atom is -0.457 e. The summed E-state index contributed by atoms with van der Waals surface area (Å²) >= 11 is 0. The fraction of sp³-hybridized carbons (Fsp3) is 0.639. The molecule has 4 nitrogen and oxygen atoms in total. The van der Waals surface area contributed by atoms with E-state index in [2.05, 4.69) is 80.7 Å². The molecule has 1 atom stereocenters. The molecule has 0 aliphatic rings. The van der Waals surface area contributed by atoms with E-state index < -0.39 is 6.10 Å². The van der Waals surface area contributed by atoms with Crippen LogP contribution in [0.1, 0.15) is 123 Å². The fourth-order valence-corrected chi connectivity index (χ4v) is 3.88. The number of unbranched alkanes of at least 4 members (excludes halogenated alkanes) is 8. The number of aliphatic hydroxyl groups is 1. The van der Waals surface area contributed by atoms with Crippen molar-refractivity contribution < 1.29 is 19.4 Å². The molecule has 0 aromatic rings. The summed E-state index contributed by atoms with van der Waals surface area (Å²) in [6, 6.07) is 0. The Morgan fingerprint density at radius 1 is 0.625 bits per heavy atom. The maximum atomic E-state index is 12.0. The molecule has 0 rings (SSSR count). The Bertz CT molecular complexity index is 714. The van der Waals surface area contributed by atoms with Gasteiger partial charge in [0, 0.05) is 13.0 Å². The minimum absolute atomic E-state index is 0.209. The summed E-state index contributed by atoms with van der Waals surface area (Å²) in [5, 5.41) is 9.50. The van der Waals surface area contributed by atoms with Crippen molar-refractivity contribution >= 4 is 5.97 Å². The zero-order chi connectivity index (χ0) is 29.2. The molecule has 1 N–H and O–H groups in total. The molecule has 40 heavy (non-hydrogen) atoms. The molecule has 0 saturated heterocycles. The highest BCUT2D eigenvalue weighted by molar-refractivity contribution is 5.69. The van der Waals surface area contributed by atoms with Crippen LogP contribution in [0.5, 0.6) is 0 Å². The van der Waals surface area contributed by atoms with Crippen LogP contribution in [-0.4, -0.2) is 37.0 Å². The standard InChI is InChI=1S/C36H60O4/c1-3-5-7-9-11-13-15-17-18-20-22-24-26-28-30-32-39-34-35(33-37)40-36(38)31-29-27-25-23-21-19-16-14-12-10-8-6-4-2/h6,8-9,11-12,14-15,17,19,21,25,27,35,37H,3-5,7,10,13,16,18,20,22-24,26,28-34H2,1-2H3/b8-6-,11-9-,14-12-,17-15-,21-19-,27-25-. The Hall–Kier alpha value is -2.17. The van der Waals surface area contributed by atoms with Crippen LogP contribution in [-0.2, 0) is 14.3 Å². The second kappa shape index (κ2) is 33.0. The van der Waals surface area contributed by atoms with E-state index >= 15 is 0 Å². The smallest absolute Gasteiger partial charge is 0.306 e. The van der Waals surface area contributed by atoms with Crippen molar-refractivity contribution in [3.63, 3.8) is 0 Å². The van der Waals surface area contributed by atoms with Crippen LogP contribution in [0.2, 0.25) is 0 Å². The number of carbonyl (C=O) groups is 1. The van der Waals surface area contributed by atoms with Crippen molar-refractivity contribution in [3.8, 4) is 0 Å². The number of ether oxygens (including phenoxy) is 2. The van der Waals surface area contributed by atoms with Crippen LogP contribution in [0.4, 0.5) is 0 Å². The van der Waals surface area contributed by atoms with E-state index in [9.17, 15) is 9.90 Å². The van der Waals surface area contributed by atoms with Crippen LogP contribution >= 0.6 is 0 Å². The van der Waals surface area contributed by atoms with E-state index in [4.69, 9.17) is 9.47 Å². The number of hydrogen-bond acceptors (Lipinski definition) is 4. The first-order chi connectivity index (χ1) is 19.7. The molecule has 0 aliphatic carbocycles. The number of esters is 1. The van der Waals surface area contributed by atoms with Crippen molar-refractivity contribution in [1.29, 1.82) is 0 Å². The lowest BCUT2D eigenvalue weighted by molar-refractivity contribution is -0.154. The summed E-state index contributed by atoms with van der Waals surface area (Å²) in [4.78, 5) is 12.0. The molecule has 0 spiro atoms. The van der Waals surface area contributed by atoms with Gasteiger partial charge in [0.15, 0.2) is 0 Å². The van der Waals surface area contributed by atoms with Gasteiger partial charge in [-0.1, -0.05) is 125 Å². The third kappa shape index (κ3) is 30.4. The first-order valence-electron chi connectivity index (χ1n) is 16.0. The van der Waals surface area contributed by atoms with Crippen LogP contribution in [0.3, 0.4) is 0 Å². The van der Waals surface area contributed by atoms with Crippen molar-refractivity contribution in [1.82, 2.24) is 0 Å². The van der Waals surface area contributed by atoms with Crippen molar-refractivity contribution in [3.05, 3.63) is 72.9 Å². The highest BCUT2D eigenvalue weighted by Gasteiger charge is 2.13. The highest BCUT2D eigenvalue weighted by Crippen LogP contribution is 2.09. The molecule has 1 unspecified atom stereocenters. The Labute approximate surface area is 247 Å². The fourth-order valence-electron chi connectivity index (χ4n) is 3.88. The highest BCUT2D eigenvalue weighted by atomic mass is 16.6. The van der Waals surface area contributed by atoms with Crippen LogP contribution in [0.25, 0.3) is 0 Å². The van der Waals surface area contributed by atoms with E-state index in [0.717, 1.165) is 44.9 Å². The molecule has 0 radical (unpaired) electrons. The second-order valence-corrected chi connectivity index (χ2v) is 10.1. The first-order valence-corrected chi connectivity index (χ1v) is 16.0. The van der Waals surface area contributed by atoms with Gasteiger partial charge >= 0.3 is 5.97 Å². The summed E-state index contributed by atoms with van der Waals surface area (Å²) in [5.41, 5.74) is 0. The molecule has 0 aromatic carbocycles. The lowest BCUT2D eigenvalue weighted by Crippen LogP contribution is -2.27. The number of carbonyl (C=O) groups excluding carboxylic acids is 1. The quantitative estimate of drug-likeness (QED) is 0.0592. The Morgan fingerprint density at radius 3 is 1.70 bits per heavy atom. The predicted molar refractivity (Wildman–Crippen MR) is 172 cm³/mol. The summed E-state index contributed by atoms with van der Waals surface area (Å²) in [6.45, 7) is 5.06. The molecule has 0 fully saturated rings. The van der Waals surface area contributed by atoms with Gasteiger partial charge in [-0.2, -0.15) is 0 Å². The topological polar surface area (TPSA) is 55.8 Å². The molecule has 228 valence electrons. The third-order valence-corrected chi connectivity index (χ3v) is 6.28. The Balaban J connectivity index is 3.62. The maximum absolute atomic E-state index is 12.0. The van der Waals surface area contributed by atoms with Gasteiger partial charge in [0.1, 0.15) is 6.10 Å². The summed E-state index contributed by atoms with van der Waals surface area (Å²) in [7, 11) is 0. The zero-order valence-corrected chi connectivity index (χ0v) is 25.8. The van der Waals surface area contributed by atoms with Gasteiger partial charge in [0.25, 0.3) is 0 Å². The van der Waals surface area contributed by atoms with Crippen molar-refractivity contribution in [2.24, 2.45) is 0 Å². The van der Waals surface area contributed by atoms with E-state index in [1.165, 1.54) is 51.4 Å². The average molecular weight is 557 g/mol. The first kappa shape index (κ1) is 37.8.